The molecule has 1 atom stereocenters. The van der Waals surface area contributed by atoms with Crippen LogP contribution in [0.2, 0.25) is 5.02 Å². The molecule has 0 unspecified atom stereocenters. The molecule has 0 saturated carbocycles. The van der Waals surface area contributed by atoms with E-state index in [2.05, 4.69) is 0 Å². The van der Waals surface area contributed by atoms with E-state index in [4.69, 9.17) is 16.7 Å². The van der Waals surface area contributed by atoms with Crippen molar-refractivity contribution in [1.82, 2.24) is 0 Å². The monoisotopic (exact) mass is 212 g/mol. The van der Waals surface area contributed by atoms with Gasteiger partial charge in [-0.2, -0.15) is 0 Å². The van der Waals surface area contributed by atoms with Crippen LogP contribution in [0.1, 0.15) is 17.3 Å². The van der Waals surface area contributed by atoms with Gasteiger partial charge in [-0.25, -0.2) is 0 Å². The molecule has 0 heterocycles. The van der Waals surface area contributed by atoms with Gasteiger partial charge in [0.25, 0.3) is 0 Å². The molecule has 1 aromatic carbocycles. The fraction of sp³-hybridized carbons (Fsp3) is 0.200. The lowest BCUT2D eigenvalue weighted by molar-refractivity contribution is -0.139. The van der Waals surface area contributed by atoms with Crippen LogP contribution in [0.4, 0.5) is 0 Å². The summed E-state index contributed by atoms with van der Waals surface area (Å²) < 4.78 is 0. The molecule has 0 radical (unpaired) electrons. The Balaban J connectivity index is 2.90. The molecule has 14 heavy (non-hydrogen) atoms. The zero-order valence-electron chi connectivity index (χ0n) is 7.53. The van der Waals surface area contributed by atoms with Gasteiger partial charge in [0.2, 0.25) is 0 Å². The summed E-state index contributed by atoms with van der Waals surface area (Å²) in [6.45, 7) is 1.36. The van der Waals surface area contributed by atoms with E-state index >= 15 is 0 Å². The predicted octanol–water partition coefficient (Wildman–Crippen LogP) is 2.24. The maximum absolute atomic E-state index is 11.5. The van der Waals surface area contributed by atoms with Crippen molar-refractivity contribution >= 4 is 23.4 Å². The van der Waals surface area contributed by atoms with Gasteiger partial charge in [0.15, 0.2) is 5.78 Å². The van der Waals surface area contributed by atoms with Crippen molar-refractivity contribution in [3.05, 3.63) is 34.9 Å². The second-order valence-corrected chi connectivity index (χ2v) is 3.37. The van der Waals surface area contributed by atoms with Crippen molar-refractivity contribution in [2.75, 3.05) is 0 Å². The molecule has 0 aromatic heterocycles. The van der Waals surface area contributed by atoms with Crippen LogP contribution in [0.15, 0.2) is 24.3 Å². The second-order valence-electron chi connectivity index (χ2n) is 2.93. The minimum Gasteiger partial charge on any atom is -0.481 e. The quantitative estimate of drug-likeness (QED) is 0.618. The molecule has 1 N–H and O–H groups in total. The number of rotatable bonds is 3. The molecular formula is C10H9ClO3. The number of ketones is 1. The number of carboxylic acid groups (broad SMARTS) is 1. The summed E-state index contributed by atoms with van der Waals surface area (Å²) in [5.41, 5.74) is 0.365. The normalized spacial score (nSPS) is 12.1. The molecule has 4 heteroatoms. The van der Waals surface area contributed by atoms with E-state index in [1.807, 2.05) is 0 Å². The van der Waals surface area contributed by atoms with Crippen molar-refractivity contribution < 1.29 is 14.7 Å². The van der Waals surface area contributed by atoms with Crippen LogP contribution in [0.25, 0.3) is 0 Å². The van der Waals surface area contributed by atoms with E-state index in [0.29, 0.717) is 10.6 Å². The van der Waals surface area contributed by atoms with Crippen molar-refractivity contribution in [2.45, 2.75) is 6.92 Å². The van der Waals surface area contributed by atoms with Crippen molar-refractivity contribution in [1.29, 1.82) is 0 Å². The molecule has 0 spiro atoms. The second kappa shape index (κ2) is 4.24. The highest BCUT2D eigenvalue weighted by molar-refractivity contribution is 6.30. The molecule has 0 saturated heterocycles. The van der Waals surface area contributed by atoms with Crippen LogP contribution < -0.4 is 0 Å². The highest BCUT2D eigenvalue weighted by Crippen LogP contribution is 2.13. The first-order chi connectivity index (χ1) is 6.52. The van der Waals surface area contributed by atoms with Crippen LogP contribution in [-0.4, -0.2) is 16.9 Å². The van der Waals surface area contributed by atoms with Crippen LogP contribution in [-0.2, 0) is 4.79 Å². The molecule has 3 nitrogen and oxygen atoms in total. The Kier molecular flexibility index (Phi) is 3.25. The number of Topliss-reactive ketones (excluding diaryl/α,β-unsaturated/α-hetero) is 1. The Hall–Kier alpha value is -1.35. The van der Waals surface area contributed by atoms with E-state index in [-0.39, 0.29) is 0 Å². The van der Waals surface area contributed by atoms with Crippen molar-refractivity contribution in [3.8, 4) is 0 Å². The number of carboxylic acids is 1. The van der Waals surface area contributed by atoms with Gasteiger partial charge in [0, 0.05) is 10.6 Å². The zero-order chi connectivity index (χ0) is 10.7. The van der Waals surface area contributed by atoms with E-state index < -0.39 is 17.7 Å². The summed E-state index contributed by atoms with van der Waals surface area (Å²) in [7, 11) is 0. The Morgan fingerprint density at radius 1 is 1.29 bits per heavy atom. The summed E-state index contributed by atoms with van der Waals surface area (Å²) in [4.78, 5) is 22.0. The minimum absolute atomic E-state index is 0.365. The third kappa shape index (κ3) is 2.33. The smallest absolute Gasteiger partial charge is 0.314 e. The lowest BCUT2D eigenvalue weighted by Crippen LogP contribution is -2.20. The maximum Gasteiger partial charge on any atom is 0.314 e. The molecule has 0 amide bonds. The largest absolute Gasteiger partial charge is 0.481 e. The number of carbonyl (C=O) groups excluding carboxylic acids is 1. The fourth-order valence-corrected chi connectivity index (χ4v) is 1.10. The molecule has 1 rings (SSSR count). The number of hydrogen-bond donors (Lipinski definition) is 1. The fourth-order valence-electron chi connectivity index (χ4n) is 0.976. The Bertz CT molecular complexity index is 356. The Labute approximate surface area is 86.3 Å². The SMILES string of the molecule is C[C@H](C(=O)O)C(=O)c1ccc(Cl)cc1. The minimum atomic E-state index is -1.12. The zero-order valence-corrected chi connectivity index (χ0v) is 8.28. The molecule has 1 aromatic rings. The Morgan fingerprint density at radius 3 is 2.21 bits per heavy atom. The lowest BCUT2D eigenvalue weighted by Gasteiger charge is -2.04. The van der Waals surface area contributed by atoms with Crippen molar-refractivity contribution in [3.63, 3.8) is 0 Å². The number of benzene rings is 1. The summed E-state index contributed by atoms with van der Waals surface area (Å²) in [6, 6.07) is 6.15. The molecule has 0 aliphatic heterocycles. The lowest BCUT2D eigenvalue weighted by atomic mass is 10.00. The molecular weight excluding hydrogens is 204 g/mol. The van der Waals surface area contributed by atoms with Gasteiger partial charge < -0.3 is 5.11 Å². The van der Waals surface area contributed by atoms with Gasteiger partial charge in [-0.05, 0) is 31.2 Å². The van der Waals surface area contributed by atoms with Gasteiger partial charge in [-0.15, -0.1) is 0 Å². The number of aliphatic carboxylic acids is 1. The number of carbonyl (C=O) groups is 2. The summed E-state index contributed by atoms with van der Waals surface area (Å²) in [5.74, 6) is -2.55. The summed E-state index contributed by atoms with van der Waals surface area (Å²) in [5, 5.41) is 9.14. The Morgan fingerprint density at radius 2 is 1.79 bits per heavy atom. The van der Waals surface area contributed by atoms with E-state index in [9.17, 15) is 9.59 Å². The summed E-state index contributed by atoms with van der Waals surface area (Å²) in [6.07, 6.45) is 0. The average molecular weight is 213 g/mol. The standard InChI is InChI=1S/C10H9ClO3/c1-6(10(13)14)9(12)7-2-4-8(11)5-3-7/h2-6H,1H3,(H,13,14)/t6-/m0/s1. The topological polar surface area (TPSA) is 54.4 Å². The van der Waals surface area contributed by atoms with Crippen LogP contribution in [0.3, 0.4) is 0 Å². The van der Waals surface area contributed by atoms with E-state index in [1.165, 1.54) is 19.1 Å². The van der Waals surface area contributed by atoms with Gasteiger partial charge >= 0.3 is 5.97 Å². The van der Waals surface area contributed by atoms with Gasteiger partial charge in [0.1, 0.15) is 5.92 Å². The molecule has 0 aliphatic rings. The first kappa shape index (κ1) is 10.7. The molecule has 0 bridgehead atoms. The van der Waals surface area contributed by atoms with Gasteiger partial charge in [-0.1, -0.05) is 11.6 Å². The predicted molar refractivity (Wildman–Crippen MR) is 52.6 cm³/mol. The number of halogens is 1. The van der Waals surface area contributed by atoms with E-state index in [0.717, 1.165) is 0 Å². The average Bonchev–Trinajstić information content (AvgIpc) is 2.16. The molecule has 74 valence electrons. The maximum atomic E-state index is 11.5. The molecule has 0 fully saturated rings. The third-order valence-corrected chi connectivity index (χ3v) is 2.14. The van der Waals surface area contributed by atoms with Crippen molar-refractivity contribution in [2.24, 2.45) is 5.92 Å². The van der Waals surface area contributed by atoms with Crippen LogP contribution in [0.5, 0.6) is 0 Å². The number of hydrogen-bond acceptors (Lipinski definition) is 2. The third-order valence-electron chi connectivity index (χ3n) is 1.89. The van der Waals surface area contributed by atoms with Crippen LogP contribution >= 0.6 is 11.6 Å². The highest BCUT2D eigenvalue weighted by Gasteiger charge is 2.21. The van der Waals surface area contributed by atoms with E-state index in [1.54, 1.807) is 12.1 Å². The first-order valence-electron chi connectivity index (χ1n) is 4.05. The van der Waals surface area contributed by atoms with Gasteiger partial charge in [0.05, 0.1) is 0 Å². The summed E-state index contributed by atoms with van der Waals surface area (Å²) >= 11 is 5.63. The molecule has 0 aliphatic carbocycles. The highest BCUT2D eigenvalue weighted by atomic mass is 35.5. The van der Waals surface area contributed by atoms with Crippen LogP contribution in [0, 0.1) is 5.92 Å². The van der Waals surface area contributed by atoms with Gasteiger partial charge in [-0.3, -0.25) is 9.59 Å². The first-order valence-corrected chi connectivity index (χ1v) is 4.42.